The summed E-state index contributed by atoms with van der Waals surface area (Å²) in [4.78, 5) is 0. The van der Waals surface area contributed by atoms with Crippen LogP contribution in [0.4, 0.5) is 0 Å². The summed E-state index contributed by atoms with van der Waals surface area (Å²) in [6, 6.07) is 19.0. The molecule has 0 atom stereocenters. The SMILES string of the molecule is CC.CC.CC.OCc1cccc(Cc2cccc(CO)c2O)c1O.Oc1ccccc1. The Morgan fingerprint density at radius 1 is 0.469 bits per heavy atom. The second kappa shape index (κ2) is 19.9. The first-order valence-corrected chi connectivity index (χ1v) is 11.1. The fourth-order valence-corrected chi connectivity index (χ4v) is 2.46. The Morgan fingerprint density at radius 2 is 0.812 bits per heavy atom. The van der Waals surface area contributed by atoms with Gasteiger partial charge in [-0.2, -0.15) is 0 Å². The minimum atomic E-state index is -0.234. The van der Waals surface area contributed by atoms with E-state index in [1.165, 1.54) is 0 Å². The van der Waals surface area contributed by atoms with E-state index < -0.39 is 0 Å². The topological polar surface area (TPSA) is 101 Å². The van der Waals surface area contributed by atoms with E-state index in [2.05, 4.69) is 0 Å². The summed E-state index contributed by atoms with van der Waals surface area (Å²) >= 11 is 0. The van der Waals surface area contributed by atoms with Crippen molar-refractivity contribution in [2.24, 2.45) is 0 Å². The van der Waals surface area contributed by atoms with E-state index in [4.69, 9.17) is 15.3 Å². The highest BCUT2D eigenvalue weighted by Crippen LogP contribution is 2.29. The monoisotopic (exact) mass is 444 g/mol. The van der Waals surface area contributed by atoms with Gasteiger partial charge in [-0.3, -0.25) is 0 Å². The first kappa shape index (κ1) is 31.2. The summed E-state index contributed by atoms with van der Waals surface area (Å²) in [5.41, 5.74) is 2.15. The first-order chi connectivity index (χ1) is 15.6. The molecule has 0 aliphatic rings. The zero-order valence-electron chi connectivity index (χ0n) is 20.2. The van der Waals surface area contributed by atoms with Crippen LogP contribution < -0.4 is 0 Å². The van der Waals surface area contributed by atoms with Crippen LogP contribution in [0.5, 0.6) is 17.2 Å². The molecule has 0 aromatic heterocycles. The van der Waals surface area contributed by atoms with Gasteiger partial charge in [-0.15, -0.1) is 0 Å². The maximum Gasteiger partial charge on any atom is 0.124 e. The number of hydrogen-bond acceptors (Lipinski definition) is 5. The number of benzene rings is 3. The predicted octanol–water partition coefficient (Wildman–Crippen LogP) is 6.14. The molecule has 0 fully saturated rings. The van der Waals surface area contributed by atoms with E-state index in [0.717, 1.165) is 0 Å². The molecule has 5 heteroatoms. The molecule has 0 bridgehead atoms. The summed E-state index contributed by atoms with van der Waals surface area (Å²) in [6.07, 6.45) is 0.333. The van der Waals surface area contributed by atoms with Gasteiger partial charge < -0.3 is 25.5 Å². The predicted molar refractivity (Wildman–Crippen MR) is 133 cm³/mol. The van der Waals surface area contributed by atoms with Gasteiger partial charge in [0.2, 0.25) is 0 Å². The van der Waals surface area contributed by atoms with Crippen LogP contribution in [0.25, 0.3) is 0 Å². The number of rotatable bonds is 4. The molecular formula is C27H40O5. The standard InChI is InChI=1S/C15H16O4.C6H6O.3C2H6/c16-8-12-5-1-3-10(14(12)18)7-11-4-2-6-13(9-17)15(11)19;7-6-4-2-1-3-5-6;3*1-2/h1-6,16-19H,7-9H2;1-5,7H;3*1-2H3. The lowest BCUT2D eigenvalue weighted by atomic mass is 9.99. The van der Waals surface area contributed by atoms with E-state index in [1.807, 2.05) is 47.6 Å². The molecule has 5 nitrogen and oxygen atoms in total. The van der Waals surface area contributed by atoms with Crippen LogP contribution in [0.2, 0.25) is 0 Å². The average molecular weight is 445 g/mol. The quantitative estimate of drug-likeness (QED) is 0.332. The summed E-state index contributed by atoms with van der Waals surface area (Å²) in [6.45, 7) is 11.5. The van der Waals surface area contributed by atoms with E-state index >= 15 is 0 Å². The molecule has 0 spiro atoms. The highest BCUT2D eigenvalue weighted by Gasteiger charge is 2.11. The number of hydrogen-bond donors (Lipinski definition) is 5. The van der Waals surface area contributed by atoms with Crippen LogP contribution in [0.3, 0.4) is 0 Å². The van der Waals surface area contributed by atoms with Crippen LogP contribution in [-0.2, 0) is 19.6 Å². The van der Waals surface area contributed by atoms with Crippen molar-refractivity contribution in [3.8, 4) is 17.2 Å². The molecule has 32 heavy (non-hydrogen) atoms. The Kier molecular flexibility index (Phi) is 19.4. The molecule has 3 aromatic carbocycles. The van der Waals surface area contributed by atoms with E-state index in [9.17, 15) is 10.2 Å². The Balaban J connectivity index is 0. The number of aliphatic hydroxyl groups excluding tert-OH is 2. The molecular weight excluding hydrogens is 404 g/mol. The Labute approximate surface area is 193 Å². The second-order valence-corrected chi connectivity index (χ2v) is 5.68. The van der Waals surface area contributed by atoms with Crippen molar-refractivity contribution >= 4 is 0 Å². The van der Waals surface area contributed by atoms with Gasteiger partial charge in [0.1, 0.15) is 17.2 Å². The lowest BCUT2D eigenvalue weighted by molar-refractivity contribution is 0.275. The van der Waals surface area contributed by atoms with Crippen LogP contribution in [0.15, 0.2) is 66.7 Å². The number of para-hydroxylation sites is 3. The molecule has 0 radical (unpaired) electrons. The van der Waals surface area contributed by atoms with Gasteiger partial charge in [0, 0.05) is 17.5 Å². The highest BCUT2D eigenvalue weighted by atomic mass is 16.3. The second-order valence-electron chi connectivity index (χ2n) is 5.68. The van der Waals surface area contributed by atoms with Gasteiger partial charge in [0.05, 0.1) is 13.2 Å². The lowest BCUT2D eigenvalue weighted by Crippen LogP contribution is -1.95. The van der Waals surface area contributed by atoms with E-state index in [-0.39, 0.29) is 24.7 Å². The number of aliphatic hydroxyl groups is 2. The molecule has 0 aliphatic carbocycles. The van der Waals surface area contributed by atoms with Crippen molar-refractivity contribution in [1.29, 1.82) is 0 Å². The van der Waals surface area contributed by atoms with Gasteiger partial charge in [0.15, 0.2) is 0 Å². The summed E-state index contributed by atoms with van der Waals surface area (Å²) in [5.74, 6) is 0.403. The van der Waals surface area contributed by atoms with Crippen molar-refractivity contribution in [2.45, 2.75) is 61.2 Å². The zero-order chi connectivity index (χ0) is 24.9. The Morgan fingerprint density at radius 3 is 1.09 bits per heavy atom. The number of phenols is 3. The minimum absolute atomic E-state index is 0.0406. The van der Waals surface area contributed by atoms with Crippen molar-refractivity contribution in [3.05, 3.63) is 89.0 Å². The number of phenolic OH excluding ortho intramolecular Hbond substituents is 1. The van der Waals surface area contributed by atoms with Crippen molar-refractivity contribution in [3.63, 3.8) is 0 Å². The zero-order valence-corrected chi connectivity index (χ0v) is 20.2. The summed E-state index contributed by atoms with van der Waals surface area (Å²) in [5, 5.41) is 46.8. The van der Waals surface area contributed by atoms with Gasteiger partial charge in [-0.05, 0) is 23.3 Å². The minimum Gasteiger partial charge on any atom is -0.508 e. The van der Waals surface area contributed by atoms with E-state index in [0.29, 0.717) is 34.4 Å². The Hall–Kier alpha value is -3.02. The average Bonchev–Trinajstić information content (AvgIpc) is 2.86. The van der Waals surface area contributed by atoms with E-state index in [1.54, 1.807) is 60.7 Å². The summed E-state index contributed by atoms with van der Waals surface area (Å²) < 4.78 is 0. The molecule has 0 aliphatic heterocycles. The molecule has 178 valence electrons. The highest BCUT2D eigenvalue weighted by molar-refractivity contribution is 5.47. The molecule has 0 unspecified atom stereocenters. The van der Waals surface area contributed by atoms with Crippen LogP contribution in [0, 0.1) is 0 Å². The van der Waals surface area contributed by atoms with Crippen LogP contribution >= 0.6 is 0 Å². The molecule has 0 saturated heterocycles. The fourth-order valence-electron chi connectivity index (χ4n) is 2.46. The normalized spacial score (nSPS) is 8.75. The van der Waals surface area contributed by atoms with Crippen molar-refractivity contribution in [1.82, 2.24) is 0 Å². The maximum atomic E-state index is 9.98. The molecule has 3 rings (SSSR count). The largest absolute Gasteiger partial charge is 0.508 e. The van der Waals surface area contributed by atoms with Crippen molar-refractivity contribution < 1.29 is 25.5 Å². The van der Waals surface area contributed by atoms with Gasteiger partial charge in [-0.1, -0.05) is 96.1 Å². The van der Waals surface area contributed by atoms with Gasteiger partial charge in [0.25, 0.3) is 0 Å². The Bertz CT molecular complexity index is 781. The number of aromatic hydroxyl groups is 3. The molecule has 0 amide bonds. The summed E-state index contributed by atoms with van der Waals surface area (Å²) in [7, 11) is 0. The van der Waals surface area contributed by atoms with Gasteiger partial charge in [-0.25, -0.2) is 0 Å². The van der Waals surface area contributed by atoms with Gasteiger partial charge >= 0.3 is 0 Å². The van der Waals surface area contributed by atoms with Crippen LogP contribution in [-0.4, -0.2) is 25.5 Å². The third kappa shape index (κ3) is 10.8. The molecule has 0 heterocycles. The fraction of sp³-hybridized carbons (Fsp3) is 0.333. The third-order valence-corrected chi connectivity index (χ3v) is 3.88. The molecule has 0 saturated carbocycles. The first-order valence-electron chi connectivity index (χ1n) is 11.1. The molecule has 3 aromatic rings. The van der Waals surface area contributed by atoms with Crippen LogP contribution in [0.1, 0.15) is 63.8 Å². The molecule has 5 N–H and O–H groups in total. The smallest absolute Gasteiger partial charge is 0.124 e. The lowest BCUT2D eigenvalue weighted by Gasteiger charge is -2.11. The van der Waals surface area contributed by atoms with Crippen molar-refractivity contribution in [2.75, 3.05) is 0 Å². The maximum absolute atomic E-state index is 9.98. The third-order valence-electron chi connectivity index (χ3n) is 3.88.